The second-order valence-electron chi connectivity index (χ2n) is 6.00. The van der Waals surface area contributed by atoms with Gasteiger partial charge in [0.05, 0.1) is 21.8 Å². The van der Waals surface area contributed by atoms with Crippen molar-refractivity contribution in [3.63, 3.8) is 0 Å². The number of carbonyl (C=O) groups is 1. The maximum atomic E-state index is 14.4. The molecule has 1 aromatic heterocycles. The van der Waals surface area contributed by atoms with E-state index in [4.69, 9.17) is 11.6 Å². The number of hydrogen-bond acceptors (Lipinski definition) is 2. The van der Waals surface area contributed by atoms with Crippen molar-refractivity contribution in [2.45, 2.75) is 18.8 Å². The Morgan fingerprint density at radius 2 is 2.00 bits per heavy atom. The third-order valence-electron chi connectivity index (χ3n) is 4.38. The third-order valence-corrected chi connectivity index (χ3v) is 4.70. The molecule has 3 nitrogen and oxygen atoms in total. The van der Waals surface area contributed by atoms with Gasteiger partial charge in [0.2, 0.25) is 0 Å². The highest BCUT2D eigenvalue weighted by Gasteiger charge is 2.27. The van der Waals surface area contributed by atoms with Crippen molar-refractivity contribution < 1.29 is 14.3 Å². The van der Waals surface area contributed by atoms with Gasteiger partial charge >= 0.3 is 5.97 Å². The van der Waals surface area contributed by atoms with E-state index in [0.29, 0.717) is 17.0 Å². The summed E-state index contributed by atoms with van der Waals surface area (Å²) in [5.41, 5.74) is 1.80. The third kappa shape index (κ3) is 2.43. The van der Waals surface area contributed by atoms with Crippen LogP contribution in [0.1, 0.15) is 34.7 Å². The number of pyridine rings is 1. The summed E-state index contributed by atoms with van der Waals surface area (Å²) in [5.74, 6) is -1.06. The molecule has 1 saturated carbocycles. The minimum Gasteiger partial charge on any atom is -0.478 e. The first-order chi connectivity index (χ1) is 11.6. The van der Waals surface area contributed by atoms with Crippen molar-refractivity contribution >= 4 is 28.3 Å². The van der Waals surface area contributed by atoms with Crippen LogP contribution in [0.15, 0.2) is 42.6 Å². The zero-order chi connectivity index (χ0) is 16.8. The Balaban J connectivity index is 2.06. The first kappa shape index (κ1) is 15.1. The first-order valence-corrected chi connectivity index (χ1v) is 8.04. The van der Waals surface area contributed by atoms with Gasteiger partial charge < -0.3 is 5.11 Å². The van der Waals surface area contributed by atoms with Gasteiger partial charge in [-0.1, -0.05) is 23.7 Å². The fourth-order valence-corrected chi connectivity index (χ4v) is 3.29. The zero-order valence-corrected chi connectivity index (χ0v) is 13.3. The lowest BCUT2D eigenvalue weighted by molar-refractivity contribution is 0.0697. The number of hydrogen-bond donors (Lipinski definition) is 1. The van der Waals surface area contributed by atoms with Crippen LogP contribution in [-0.2, 0) is 0 Å². The fraction of sp³-hybridized carbons (Fsp3) is 0.158. The average Bonchev–Trinajstić information content (AvgIpc) is 3.39. The van der Waals surface area contributed by atoms with E-state index in [1.807, 2.05) is 0 Å². The molecule has 0 radical (unpaired) electrons. The molecule has 1 aliphatic rings. The Hall–Kier alpha value is -2.46. The molecule has 4 rings (SSSR count). The van der Waals surface area contributed by atoms with E-state index < -0.39 is 11.8 Å². The smallest absolute Gasteiger partial charge is 0.335 e. The summed E-state index contributed by atoms with van der Waals surface area (Å²) in [6, 6.07) is 9.36. The number of benzene rings is 2. The highest BCUT2D eigenvalue weighted by Crippen LogP contribution is 2.45. The molecule has 3 aromatic rings. The monoisotopic (exact) mass is 341 g/mol. The lowest BCUT2D eigenvalue weighted by Crippen LogP contribution is -1.99. The minimum atomic E-state index is -1.03. The Kier molecular flexibility index (Phi) is 3.50. The number of fused-ring (bicyclic) bond motifs is 1. The van der Waals surface area contributed by atoms with Crippen LogP contribution >= 0.6 is 11.6 Å². The van der Waals surface area contributed by atoms with Crippen molar-refractivity contribution in [3.8, 4) is 11.3 Å². The molecule has 0 unspecified atom stereocenters. The normalized spacial score (nSPS) is 14.1. The number of aromatic nitrogens is 1. The molecular formula is C19H13ClFNO2. The quantitative estimate of drug-likeness (QED) is 0.706. The SMILES string of the molecule is O=C(O)c1ccc2c(C3CC3)cnc(-c3c(F)cccc3Cl)c2c1. The van der Waals surface area contributed by atoms with Crippen molar-refractivity contribution in [1.29, 1.82) is 0 Å². The molecular weight excluding hydrogens is 329 g/mol. The zero-order valence-electron chi connectivity index (χ0n) is 12.6. The molecule has 1 aliphatic carbocycles. The van der Waals surface area contributed by atoms with Crippen LogP contribution < -0.4 is 0 Å². The van der Waals surface area contributed by atoms with Gasteiger partial charge in [-0.15, -0.1) is 0 Å². The van der Waals surface area contributed by atoms with Crippen LogP contribution in [-0.4, -0.2) is 16.1 Å². The summed E-state index contributed by atoms with van der Waals surface area (Å²) in [5, 5.41) is 11.1. The molecule has 1 heterocycles. The summed E-state index contributed by atoms with van der Waals surface area (Å²) in [4.78, 5) is 15.8. The van der Waals surface area contributed by atoms with Gasteiger partial charge in [-0.2, -0.15) is 0 Å². The number of halogens is 2. The van der Waals surface area contributed by atoms with Crippen molar-refractivity contribution in [3.05, 3.63) is 64.6 Å². The molecule has 120 valence electrons. The number of carboxylic acids is 1. The fourth-order valence-electron chi connectivity index (χ4n) is 3.04. The topological polar surface area (TPSA) is 50.2 Å². The van der Waals surface area contributed by atoms with Crippen molar-refractivity contribution in [1.82, 2.24) is 4.98 Å². The maximum Gasteiger partial charge on any atom is 0.335 e. The summed E-state index contributed by atoms with van der Waals surface area (Å²) >= 11 is 6.19. The molecule has 0 aliphatic heterocycles. The van der Waals surface area contributed by atoms with Gasteiger partial charge in [0.1, 0.15) is 5.82 Å². The molecule has 1 N–H and O–H groups in total. The van der Waals surface area contributed by atoms with E-state index >= 15 is 0 Å². The molecule has 0 atom stereocenters. The molecule has 2 aromatic carbocycles. The highest BCUT2D eigenvalue weighted by molar-refractivity contribution is 6.33. The van der Waals surface area contributed by atoms with E-state index in [9.17, 15) is 14.3 Å². The summed E-state index contributed by atoms with van der Waals surface area (Å²) in [7, 11) is 0. The Morgan fingerprint density at radius 3 is 2.67 bits per heavy atom. The molecule has 0 amide bonds. The van der Waals surface area contributed by atoms with E-state index in [0.717, 1.165) is 23.8 Å². The van der Waals surface area contributed by atoms with Gasteiger partial charge in [-0.25, -0.2) is 9.18 Å². The maximum absolute atomic E-state index is 14.4. The van der Waals surface area contributed by atoms with Gasteiger partial charge in [-0.05, 0) is 54.0 Å². The highest BCUT2D eigenvalue weighted by atomic mass is 35.5. The lowest BCUT2D eigenvalue weighted by atomic mass is 9.96. The average molecular weight is 342 g/mol. The predicted molar refractivity (Wildman–Crippen MR) is 91.1 cm³/mol. The van der Waals surface area contributed by atoms with E-state index in [2.05, 4.69) is 4.98 Å². The van der Waals surface area contributed by atoms with Gasteiger partial charge in [-0.3, -0.25) is 4.98 Å². The number of aromatic carboxylic acids is 1. The van der Waals surface area contributed by atoms with E-state index in [1.54, 1.807) is 30.5 Å². The van der Waals surface area contributed by atoms with Crippen molar-refractivity contribution in [2.75, 3.05) is 0 Å². The van der Waals surface area contributed by atoms with Crippen LogP contribution in [0.4, 0.5) is 4.39 Å². The molecule has 1 fully saturated rings. The van der Waals surface area contributed by atoms with Crippen LogP contribution in [0.5, 0.6) is 0 Å². The molecule has 5 heteroatoms. The van der Waals surface area contributed by atoms with E-state index in [-0.39, 0.29) is 16.1 Å². The minimum absolute atomic E-state index is 0.144. The largest absolute Gasteiger partial charge is 0.478 e. The van der Waals surface area contributed by atoms with Gasteiger partial charge in [0.15, 0.2) is 0 Å². The Bertz CT molecular complexity index is 962. The second-order valence-corrected chi connectivity index (χ2v) is 6.41. The first-order valence-electron chi connectivity index (χ1n) is 7.66. The number of nitrogens with zero attached hydrogens (tertiary/aromatic N) is 1. The number of rotatable bonds is 3. The summed E-state index contributed by atoms with van der Waals surface area (Å²) in [6.45, 7) is 0. The van der Waals surface area contributed by atoms with E-state index in [1.165, 1.54) is 12.1 Å². The lowest BCUT2D eigenvalue weighted by Gasteiger charge is -2.13. The standard InChI is InChI=1S/C19H13ClFNO2/c20-15-2-1-3-16(21)17(15)18-13-8-11(19(23)24)6-7-12(13)14(9-22-18)10-4-5-10/h1-3,6-10H,4-5H2,(H,23,24). The predicted octanol–water partition coefficient (Wildman–Crippen LogP) is 5.27. The number of carboxylic acid groups (broad SMARTS) is 1. The van der Waals surface area contributed by atoms with Crippen LogP contribution in [0.25, 0.3) is 22.0 Å². The van der Waals surface area contributed by atoms with Crippen LogP contribution in [0.2, 0.25) is 5.02 Å². The van der Waals surface area contributed by atoms with Crippen molar-refractivity contribution in [2.24, 2.45) is 0 Å². The van der Waals surface area contributed by atoms with Crippen LogP contribution in [0.3, 0.4) is 0 Å². The Morgan fingerprint density at radius 1 is 1.21 bits per heavy atom. The molecule has 0 saturated heterocycles. The molecule has 0 spiro atoms. The molecule has 0 bridgehead atoms. The van der Waals surface area contributed by atoms with Gasteiger partial charge in [0.25, 0.3) is 0 Å². The summed E-state index contributed by atoms with van der Waals surface area (Å²) in [6.07, 6.45) is 3.95. The second kappa shape index (κ2) is 5.56. The van der Waals surface area contributed by atoms with Crippen LogP contribution in [0, 0.1) is 5.82 Å². The molecule has 24 heavy (non-hydrogen) atoms. The summed E-state index contributed by atoms with van der Waals surface area (Å²) < 4.78 is 14.4. The Labute approximate surface area is 142 Å². The van der Waals surface area contributed by atoms with Gasteiger partial charge in [0, 0.05) is 11.6 Å².